The minimum absolute atomic E-state index is 0. The first kappa shape index (κ1) is 22.4. The summed E-state index contributed by atoms with van der Waals surface area (Å²) >= 11 is 0. The van der Waals surface area contributed by atoms with Crippen LogP contribution in [0, 0.1) is 0 Å². The van der Waals surface area contributed by atoms with Crippen LogP contribution in [-0.2, 0) is 4.74 Å². The molecule has 1 aliphatic carbocycles. The zero-order valence-electron chi connectivity index (χ0n) is 16.7. The highest BCUT2D eigenvalue weighted by Gasteiger charge is 2.35. The molecule has 0 spiro atoms. The quantitative estimate of drug-likeness (QED) is 0.313. The lowest BCUT2D eigenvalue weighted by Gasteiger charge is -2.35. The molecule has 0 amide bonds. The number of hydrogen-bond acceptors (Lipinski definition) is 3. The van der Waals surface area contributed by atoms with Gasteiger partial charge in [-0.15, -0.1) is 24.0 Å². The van der Waals surface area contributed by atoms with E-state index in [2.05, 4.69) is 58.2 Å². The van der Waals surface area contributed by atoms with E-state index in [1.807, 2.05) is 7.05 Å². The molecular weight excluding hydrogens is 451 g/mol. The minimum Gasteiger partial charge on any atom is -0.376 e. The molecule has 2 aliphatic rings. The molecule has 0 bridgehead atoms. The van der Waals surface area contributed by atoms with Gasteiger partial charge >= 0.3 is 0 Å². The van der Waals surface area contributed by atoms with Crippen molar-refractivity contribution in [2.24, 2.45) is 4.99 Å². The van der Waals surface area contributed by atoms with Crippen molar-refractivity contribution in [3.63, 3.8) is 0 Å². The van der Waals surface area contributed by atoms with E-state index in [0.717, 1.165) is 32.1 Å². The van der Waals surface area contributed by atoms with Crippen molar-refractivity contribution in [3.05, 3.63) is 35.9 Å². The van der Waals surface area contributed by atoms with Crippen molar-refractivity contribution in [1.82, 2.24) is 16.0 Å². The maximum atomic E-state index is 5.69. The van der Waals surface area contributed by atoms with E-state index in [4.69, 9.17) is 4.74 Å². The van der Waals surface area contributed by atoms with Gasteiger partial charge in [0.15, 0.2) is 5.96 Å². The highest BCUT2D eigenvalue weighted by molar-refractivity contribution is 14.0. The number of ether oxygens (including phenoxy) is 1. The molecule has 3 N–H and O–H groups in total. The molecule has 27 heavy (non-hydrogen) atoms. The number of benzene rings is 1. The first-order chi connectivity index (χ1) is 12.7. The highest BCUT2D eigenvalue weighted by atomic mass is 127. The van der Waals surface area contributed by atoms with Crippen LogP contribution in [0.3, 0.4) is 0 Å². The Morgan fingerprint density at radius 3 is 2.56 bits per heavy atom. The average Bonchev–Trinajstić information content (AvgIpc) is 3.35. The van der Waals surface area contributed by atoms with Crippen LogP contribution in [0.4, 0.5) is 0 Å². The fourth-order valence-corrected chi connectivity index (χ4v) is 4.20. The number of nitrogens with zero attached hydrogens (tertiary/aromatic N) is 1. The second kappa shape index (κ2) is 11.2. The molecule has 1 aromatic carbocycles. The molecule has 152 valence electrons. The second-order valence-corrected chi connectivity index (χ2v) is 7.71. The van der Waals surface area contributed by atoms with Gasteiger partial charge in [-0.05, 0) is 38.2 Å². The van der Waals surface area contributed by atoms with Crippen LogP contribution in [0.25, 0.3) is 0 Å². The van der Waals surface area contributed by atoms with Gasteiger partial charge in [-0.1, -0.05) is 43.2 Å². The summed E-state index contributed by atoms with van der Waals surface area (Å²) in [5.74, 6) is 0.876. The molecule has 2 atom stereocenters. The summed E-state index contributed by atoms with van der Waals surface area (Å²) in [4.78, 5) is 4.39. The lowest BCUT2D eigenvalue weighted by atomic mass is 9.94. The van der Waals surface area contributed by atoms with Crippen LogP contribution in [0.1, 0.15) is 57.1 Å². The van der Waals surface area contributed by atoms with Crippen molar-refractivity contribution in [1.29, 1.82) is 0 Å². The van der Waals surface area contributed by atoms with Crippen LogP contribution in [0.5, 0.6) is 0 Å². The van der Waals surface area contributed by atoms with Gasteiger partial charge in [0.25, 0.3) is 0 Å². The molecule has 1 aliphatic heterocycles. The van der Waals surface area contributed by atoms with E-state index in [-0.39, 0.29) is 29.5 Å². The summed E-state index contributed by atoms with van der Waals surface area (Å²) in [6.07, 6.45) is 7.63. The van der Waals surface area contributed by atoms with Crippen LogP contribution in [-0.4, -0.2) is 44.3 Å². The second-order valence-electron chi connectivity index (χ2n) is 7.71. The van der Waals surface area contributed by atoms with E-state index in [0.29, 0.717) is 12.1 Å². The summed E-state index contributed by atoms with van der Waals surface area (Å²) in [5.41, 5.74) is 1.48. The summed E-state index contributed by atoms with van der Waals surface area (Å²) in [7, 11) is 1.84. The Morgan fingerprint density at radius 2 is 1.93 bits per heavy atom. The molecule has 0 aromatic heterocycles. The van der Waals surface area contributed by atoms with Gasteiger partial charge in [-0.3, -0.25) is 4.99 Å². The number of hydrogen-bond donors (Lipinski definition) is 3. The fourth-order valence-electron chi connectivity index (χ4n) is 4.20. The van der Waals surface area contributed by atoms with Gasteiger partial charge in [-0.25, -0.2) is 0 Å². The van der Waals surface area contributed by atoms with Crippen molar-refractivity contribution < 1.29 is 4.74 Å². The molecule has 3 rings (SSSR count). The summed E-state index contributed by atoms with van der Waals surface area (Å²) in [5, 5.41) is 10.9. The molecule has 1 saturated heterocycles. The molecule has 2 unspecified atom stereocenters. The van der Waals surface area contributed by atoms with Gasteiger partial charge in [0.05, 0.1) is 6.10 Å². The third-order valence-electron chi connectivity index (χ3n) is 5.72. The molecule has 5 nitrogen and oxygen atoms in total. The number of guanidine groups is 1. The highest BCUT2D eigenvalue weighted by Crippen LogP contribution is 2.31. The monoisotopic (exact) mass is 486 g/mol. The number of halogens is 1. The predicted octanol–water partition coefficient (Wildman–Crippen LogP) is 3.61. The predicted molar refractivity (Wildman–Crippen MR) is 123 cm³/mol. The SMILES string of the molecule is CN=C(NCC1CCCO1)NCC1(NC(C)c2ccccc2)CCCC1.I. The van der Waals surface area contributed by atoms with E-state index in [9.17, 15) is 0 Å². The molecule has 1 saturated carbocycles. The zero-order valence-corrected chi connectivity index (χ0v) is 19.0. The Hall–Kier alpha value is -0.860. The Labute approximate surface area is 181 Å². The van der Waals surface area contributed by atoms with E-state index in [1.54, 1.807) is 0 Å². The number of nitrogens with one attached hydrogen (secondary N) is 3. The smallest absolute Gasteiger partial charge is 0.191 e. The van der Waals surface area contributed by atoms with Gasteiger partial charge in [0.2, 0.25) is 0 Å². The zero-order chi connectivity index (χ0) is 18.2. The number of aliphatic imine (C=N–C) groups is 1. The van der Waals surface area contributed by atoms with Crippen molar-refractivity contribution >= 4 is 29.9 Å². The molecule has 1 heterocycles. The normalized spacial score (nSPS) is 22.9. The number of rotatable bonds is 7. The fraction of sp³-hybridized carbons (Fsp3) is 0.667. The Kier molecular flexibility index (Phi) is 9.32. The Bertz CT molecular complexity index is 569. The van der Waals surface area contributed by atoms with Crippen LogP contribution in [0.2, 0.25) is 0 Å². The topological polar surface area (TPSA) is 57.7 Å². The molecule has 1 aromatic rings. The summed E-state index contributed by atoms with van der Waals surface area (Å²) < 4.78 is 5.69. The summed E-state index contributed by atoms with van der Waals surface area (Å²) in [6, 6.07) is 11.1. The van der Waals surface area contributed by atoms with Crippen LogP contribution < -0.4 is 16.0 Å². The van der Waals surface area contributed by atoms with Gasteiger partial charge in [0.1, 0.15) is 0 Å². The third kappa shape index (κ3) is 6.61. The van der Waals surface area contributed by atoms with E-state index >= 15 is 0 Å². The third-order valence-corrected chi connectivity index (χ3v) is 5.72. The Balaban J connectivity index is 0.00000261. The maximum Gasteiger partial charge on any atom is 0.191 e. The largest absolute Gasteiger partial charge is 0.376 e. The first-order valence-electron chi connectivity index (χ1n) is 10.1. The lowest BCUT2D eigenvalue weighted by molar-refractivity contribution is 0.113. The summed E-state index contributed by atoms with van der Waals surface area (Å²) in [6.45, 7) is 4.89. The molecule has 6 heteroatoms. The van der Waals surface area contributed by atoms with Crippen LogP contribution >= 0.6 is 24.0 Å². The van der Waals surface area contributed by atoms with Gasteiger partial charge < -0.3 is 20.7 Å². The minimum atomic E-state index is 0. The molecule has 0 radical (unpaired) electrons. The van der Waals surface area contributed by atoms with Gasteiger partial charge in [0, 0.05) is 38.3 Å². The van der Waals surface area contributed by atoms with Crippen molar-refractivity contribution in [3.8, 4) is 0 Å². The van der Waals surface area contributed by atoms with Gasteiger partial charge in [-0.2, -0.15) is 0 Å². The average molecular weight is 486 g/mol. The van der Waals surface area contributed by atoms with E-state index < -0.39 is 0 Å². The van der Waals surface area contributed by atoms with Crippen molar-refractivity contribution in [2.45, 2.75) is 63.1 Å². The first-order valence-corrected chi connectivity index (χ1v) is 10.1. The lowest BCUT2D eigenvalue weighted by Crippen LogP contribution is -2.54. The standard InChI is InChI=1S/C21H34N4O.HI/c1-17(18-9-4-3-5-10-18)25-21(12-6-7-13-21)16-24-20(22-2)23-15-19-11-8-14-26-19;/h3-5,9-10,17,19,25H,6-8,11-16H2,1-2H3,(H2,22,23,24);1H. The Morgan fingerprint density at radius 1 is 1.19 bits per heavy atom. The van der Waals surface area contributed by atoms with E-state index in [1.165, 1.54) is 37.7 Å². The maximum absolute atomic E-state index is 5.69. The van der Waals surface area contributed by atoms with Crippen LogP contribution in [0.15, 0.2) is 35.3 Å². The molecule has 2 fully saturated rings. The molecular formula is C21H35IN4O. The van der Waals surface area contributed by atoms with Crippen molar-refractivity contribution in [2.75, 3.05) is 26.7 Å².